The molecule has 1 aromatic carbocycles. The normalized spacial score (nSPS) is 14.2. The molecule has 0 amide bonds. The Bertz CT molecular complexity index is 533. The number of sulfonamides is 1. The summed E-state index contributed by atoms with van der Waals surface area (Å²) in [7, 11) is -1.50. The van der Waals surface area contributed by atoms with Crippen LogP contribution >= 0.6 is 0 Å². The highest BCUT2D eigenvalue weighted by molar-refractivity contribution is 7.89. The van der Waals surface area contributed by atoms with Crippen LogP contribution in [0.4, 0.5) is 0 Å². The van der Waals surface area contributed by atoms with E-state index in [0.29, 0.717) is 17.9 Å². The van der Waals surface area contributed by atoms with Crippen LogP contribution in [0.15, 0.2) is 29.2 Å². The van der Waals surface area contributed by atoms with Gasteiger partial charge < -0.3 is 5.32 Å². The van der Waals surface area contributed by atoms with E-state index in [1.807, 2.05) is 19.2 Å². The first-order valence-corrected chi connectivity index (χ1v) is 8.45. The molecule has 0 spiro atoms. The molecule has 0 aromatic heterocycles. The molecule has 0 heterocycles. The van der Waals surface area contributed by atoms with Gasteiger partial charge in [-0.05, 0) is 30.5 Å². The molecule has 5 heteroatoms. The highest BCUT2D eigenvalue weighted by Crippen LogP contribution is 2.25. The maximum absolute atomic E-state index is 12.2. The fourth-order valence-electron chi connectivity index (χ4n) is 2.26. The molecular formula is C15H26N2O2S. The van der Waals surface area contributed by atoms with Gasteiger partial charge in [-0.1, -0.05) is 45.9 Å². The smallest absolute Gasteiger partial charge is 0.240 e. The lowest BCUT2D eigenvalue weighted by molar-refractivity contribution is 0.279. The standard InChI is InChI=1S/C15H26N2O2S/c1-6-17-20(18,19)13-10-8-7-9-12(13)11-14(16-5)15(2,3)4/h7-10,14,16-17H,6,11H2,1-5H3. The summed E-state index contributed by atoms with van der Waals surface area (Å²) >= 11 is 0. The molecule has 1 rings (SSSR count). The molecule has 1 unspecified atom stereocenters. The second kappa shape index (κ2) is 6.70. The van der Waals surface area contributed by atoms with Crippen molar-refractivity contribution in [2.75, 3.05) is 13.6 Å². The van der Waals surface area contributed by atoms with Crippen molar-refractivity contribution >= 4 is 10.0 Å². The fourth-order valence-corrected chi connectivity index (χ4v) is 3.55. The van der Waals surface area contributed by atoms with E-state index in [4.69, 9.17) is 0 Å². The van der Waals surface area contributed by atoms with Crippen molar-refractivity contribution in [3.05, 3.63) is 29.8 Å². The molecule has 0 saturated carbocycles. The fraction of sp³-hybridized carbons (Fsp3) is 0.600. The minimum absolute atomic E-state index is 0.0593. The van der Waals surface area contributed by atoms with E-state index in [1.54, 1.807) is 19.1 Å². The molecule has 0 aliphatic carbocycles. The molecule has 114 valence electrons. The summed E-state index contributed by atoms with van der Waals surface area (Å²) in [5.41, 5.74) is 0.909. The topological polar surface area (TPSA) is 58.2 Å². The molecule has 0 saturated heterocycles. The van der Waals surface area contributed by atoms with E-state index in [9.17, 15) is 8.42 Å². The molecule has 0 bridgehead atoms. The Morgan fingerprint density at radius 1 is 1.20 bits per heavy atom. The van der Waals surface area contributed by atoms with Gasteiger partial charge in [0.2, 0.25) is 10.0 Å². The molecule has 20 heavy (non-hydrogen) atoms. The molecule has 0 aliphatic rings. The van der Waals surface area contributed by atoms with Gasteiger partial charge in [-0.3, -0.25) is 0 Å². The van der Waals surface area contributed by atoms with E-state index in [0.717, 1.165) is 5.56 Å². The molecule has 2 N–H and O–H groups in total. The third-order valence-corrected chi connectivity index (χ3v) is 5.06. The lowest BCUT2D eigenvalue weighted by atomic mass is 9.83. The Hall–Kier alpha value is -0.910. The van der Waals surface area contributed by atoms with Gasteiger partial charge in [0.05, 0.1) is 4.90 Å². The van der Waals surface area contributed by atoms with Crippen molar-refractivity contribution in [2.45, 2.75) is 45.1 Å². The van der Waals surface area contributed by atoms with Crippen LogP contribution in [0.3, 0.4) is 0 Å². The van der Waals surface area contributed by atoms with Gasteiger partial charge in [-0.2, -0.15) is 0 Å². The van der Waals surface area contributed by atoms with Crippen molar-refractivity contribution in [1.29, 1.82) is 0 Å². The van der Waals surface area contributed by atoms with Crippen LogP contribution in [0.2, 0.25) is 0 Å². The Kier molecular flexibility index (Phi) is 5.74. The van der Waals surface area contributed by atoms with Crippen molar-refractivity contribution in [1.82, 2.24) is 10.0 Å². The molecule has 0 aliphatic heterocycles. The van der Waals surface area contributed by atoms with Crippen molar-refractivity contribution < 1.29 is 8.42 Å². The zero-order valence-electron chi connectivity index (χ0n) is 13.0. The van der Waals surface area contributed by atoms with Gasteiger partial charge >= 0.3 is 0 Å². The van der Waals surface area contributed by atoms with Gasteiger partial charge in [0.25, 0.3) is 0 Å². The summed E-state index contributed by atoms with van der Waals surface area (Å²) in [6.45, 7) is 8.62. The summed E-state index contributed by atoms with van der Waals surface area (Å²) in [5, 5.41) is 3.29. The molecule has 1 aromatic rings. The first kappa shape index (κ1) is 17.1. The van der Waals surface area contributed by atoms with Crippen molar-refractivity contribution in [2.24, 2.45) is 5.41 Å². The molecule has 0 fully saturated rings. The average Bonchev–Trinajstić information content (AvgIpc) is 2.34. The predicted molar refractivity (Wildman–Crippen MR) is 83.3 cm³/mol. The second-order valence-electron chi connectivity index (χ2n) is 6.02. The molecule has 0 radical (unpaired) electrons. The van der Waals surface area contributed by atoms with E-state index >= 15 is 0 Å². The zero-order valence-corrected chi connectivity index (χ0v) is 13.8. The summed E-state index contributed by atoms with van der Waals surface area (Å²) in [6, 6.07) is 7.42. The Labute approximate surface area is 123 Å². The molecular weight excluding hydrogens is 272 g/mol. The predicted octanol–water partition coefficient (Wildman–Crippen LogP) is 2.16. The zero-order chi connectivity index (χ0) is 15.4. The Morgan fingerprint density at radius 3 is 2.30 bits per heavy atom. The first-order valence-electron chi connectivity index (χ1n) is 6.97. The van der Waals surface area contributed by atoms with E-state index in [1.165, 1.54) is 0 Å². The number of nitrogens with one attached hydrogen (secondary N) is 2. The number of rotatable bonds is 6. The van der Waals surface area contributed by atoms with Crippen LogP contribution in [-0.4, -0.2) is 28.1 Å². The number of hydrogen-bond donors (Lipinski definition) is 2. The maximum Gasteiger partial charge on any atom is 0.240 e. The van der Waals surface area contributed by atoms with Gasteiger partial charge in [0, 0.05) is 12.6 Å². The van der Waals surface area contributed by atoms with Crippen LogP contribution < -0.4 is 10.0 Å². The largest absolute Gasteiger partial charge is 0.316 e. The van der Waals surface area contributed by atoms with Crippen molar-refractivity contribution in [3.8, 4) is 0 Å². The highest BCUT2D eigenvalue weighted by Gasteiger charge is 2.26. The number of benzene rings is 1. The number of hydrogen-bond acceptors (Lipinski definition) is 3. The maximum atomic E-state index is 12.2. The quantitative estimate of drug-likeness (QED) is 0.846. The lowest BCUT2D eigenvalue weighted by Crippen LogP contribution is -2.40. The van der Waals surface area contributed by atoms with Crippen LogP contribution in [0.1, 0.15) is 33.3 Å². The number of likely N-dealkylation sites (N-methyl/N-ethyl adjacent to an activating group) is 1. The Morgan fingerprint density at radius 2 is 1.80 bits per heavy atom. The van der Waals surface area contributed by atoms with Gasteiger partial charge in [0.15, 0.2) is 0 Å². The van der Waals surface area contributed by atoms with Gasteiger partial charge in [0.1, 0.15) is 0 Å². The molecule has 4 nitrogen and oxygen atoms in total. The minimum atomic E-state index is -3.42. The van der Waals surface area contributed by atoms with E-state index in [2.05, 4.69) is 30.8 Å². The third kappa shape index (κ3) is 4.30. The van der Waals surface area contributed by atoms with Crippen molar-refractivity contribution in [3.63, 3.8) is 0 Å². The SMILES string of the molecule is CCNS(=O)(=O)c1ccccc1CC(NC)C(C)(C)C. The summed E-state index contributed by atoms with van der Waals surface area (Å²) < 4.78 is 27.0. The molecule has 1 atom stereocenters. The third-order valence-electron chi connectivity index (χ3n) is 3.41. The van der Waals surface area contributed by atoms with Gasteiger partial charge in [-0.25, -0.2) is 13.1 Å². The first-order chi connectivity index (χ1) is 9.22. The monoisotopic (exact) mass is 298 g/mol. The lowest BCUT2D eigenvalue weighted by Gasteiger charge is -2.31. The highest BCUT2D eigenvalue weighted by atomic mass is 32.2. The van der Waals surface area contributed by atoms with Crippen LogP contribution in [-0.2, 0) is 16.4 Å². The van der Waals surface area contributed by atoms with Gasteiger partial charge in [-0.15, -0.1) is 0 Å². The van der Waals surface area contributed by atoms with E-state index < -0.39 is 10.0 Å². The van der Waals surface area contributed by atoms with Crippen LogP contribution in [0.25, 0.3) is 0 Å². The average molecular weight is 298 g/mol. The minimum Gasteiger partial charge on any atom is -0.316 e. The summed E-state index contributed by atoms with van der Waals surface area (Å²) in [5.74, 6) is 0. The van der Waals surface area contributed by atoms with E-state index in [-0.39, 0.29) is 11.5 Å². The Balaban J connectivity index is 3.15. The summed E-state index contributed by atoms with van der Waals surface area (Å²) in [4.78, 5) is 0.381. The second-order valence-corrected chi connectivity index (χ2v) is 7.76. The summed E-state index contributed by atoms with van der Waals surface area (Å²) in [6.07, 6.45) is 0.681. The van der Waals surface area contributed by atoms with Crippen LogP contribution in [0, 0.1) is 5.41 Å². The van der Waals surface area contributed by atoms with Crippen LogP contribution in [0.5, 0.6) is 0 Å².